The third-order valence-electron chi connectivity index (χ3n) is 3.83. The number of Topliss-reactive ketones (excluding diaryl/α,β-unsaturated/α-hetero) is 1. The fourth-order valence-electron chi connectivity index (χ4n) is 2.57. The van der Waals surface area contributed by atoms with E-state index in [0.717, 1.165) is 0 Å². The van der Waals surface area contributed by atoms with Gasteiger partial charge in [0.25, 0.3) is 0 Å². The number of ketones is 1. The summed E-state index contributed by atoms with van der Waals surface area (Å²) in [4.78, 5) is 39.6. The van der Waals surface area contributed by atoms with Gasteiger partial charge in [-0.2, -0.15) is 0 Å². The van der Waals surface area contributed by atoms with Crippen molar-refractivity contribution in [2.24, 2.45) is 0 Å². The van der Waals surface area contributed by atoms with Gasteiger partial charge in [-0.3, -0.25) is 4.79 Å². The number of aryl methyl sites for hydroxylation is 1. The lowest BCUT2D eigenvalue weighted by Crippen LogP contribution is -2.25. The van der Waals surface area contributed by atoms with Crippen molar-refractivity contribution in [1.29, 1.82) is 0 Å². The molecule has 1 N–H and O–H groups in total. The van der Waals surface area contributed by atoms with Crippen LogP contribution >= 0.6 is 0 Å². The third kappa shape index (κ3) is 3.96. The zero-order chi connectivity index (χ0) is 18.6. The number of benzene rings is 1. The van der Waals surface area contributed by atoms with Crippen LogP contribution in [0.4, 0.5) is 0 Å². The van der Waals surface area contributed by atoms with Crippen molar-refractivity contribution in [3.05, 3.63) is 58.4 Å². The number of ether oxygens (including phenoxy) is 2. The smallest absolute Gasteiger partial charge is 0.340 e. The Bertz CT molecular complexity index is 792. The Balaban J connectivity index is 2.19. The van der Waals surface area contributed by atoms with E-state index in [0.29, 0.717) is 22.4 Å². The molecule has 0 unspecified atom stereocenters. The molecule has 0 saturated carbocycles. The largest absolute Gasteiger partial charge is 0.462 e. The number of H-pyrrole nitrogens is 1. The zero-order valence-electron chi connectivity index (χ0n) is 14.7. The number of nitrogens with one attached hydrogen (secondary N) is 1. The van der Waals surface area contributed by atoms with Crippen LogP contribution in [-0.4, -0.2) is 35.4 Å². The zero-order valence-corrected chi connectivity index (χ0v) is 14.7. The average Bonchev–Trinajstić information content (AvgIpc) is 2.89. The predicted molar refractivity (Wildman–Crippen MR) is 91.9 cm³/mol. The fourth-order valence-corrected chi connectivity index (χ4v) is 2.57. The summed E-state index contributed by atoms with van der Waals surface area (Å²) in [6.07, 6.45) is -0.987. The summed E-state index contributed by atoms with van der Waals surface area (Å²) in [5, 5.41) is 0. The van der Waals surface area contributed by atoms with E-state index in [1.807, 2.05) is 0 Å². The first-order valence-corrected chi connectivity index (χ1v) is 8.03. The molecule has 6 heteroatoms. The van der Waals surface area contributed by atoms with Crippen LogP contribution in [0.15, 0.2) is 30.3 Å². The van der Waals surface area contributed by atoms with E-state index in [-0.39, 0.29) is 12.3 Å². The maximum Gasteiger partial charge on any atom is 0.340 e. The average molecular weight is 343 g/mol. The van der Waals surface area contributed by atoms with Crippen molar-refractivity contribution < 1.29 is 23.9 Å². The predicted octanol–water partition coefficient (Wildman–Crippen LogP) is 3.24. The first-order valence-electron chi connectivity index (χ1n) is 8.03. The van der Waals surface area contributed by atoms with Gasteiger partial charge in [-0.05, 0) is 45.4 Å². The monoisotopic (exact) mass is 343 g/mol. The summed E-state index contributed by atoms with van der Waals surface area (Å²) >= 11 is 0. The van der Waals surface area contributed by atoms with Gasteiger partial charge in [0.05, 0.1) is 23.4 Å². The van der Waals surface area contributed by atoms with E-state index in [2.05, 4.69) is 4.98 Å². The standard InChI is InChI=1S/C19H21NO5/c1-5-24-19(23)15-11(2)16(20-12(15)3)17(21)13(4)25-18(22)14-9-7-6-8-10-14/h6-10,13,20H,5H2,1-4H3/t13-/m0/s1. The van der Waals surface area contributed by atoms with Gasteiger partial charge in [0.2, 0.25) is 5.78 Å². The third-order valence-corrected chi connectivity index (χ3v) is 3.83. The molecular weight excluding hydrogens is 322 g/mol. The Kier molecular flexibility index (Phi) is 5.75. The second-order valence-corrected chi connectivity index (χ2v) is 5.62. The molecule has 0 saturated heterocycles. The highest BCUT2D eigenvalue weighted by Gasteiger charge is 2.27. The van der Waals surface area contributed by atoms with Crippen LogP contribution in [0.5, 0.6) is 0 Å². The SMILES string of the molecule is CCOC(=O)c1c(C)[nH]c(C(=O)[C@H](C)OC(=O)c2ccccc2)c1C. The maximum absolute atomic E-state index is 12.6. The van der Waals surface area contributed by atoms with Crippen LogP contribution in [0.1, 0.15) is 56.3 Å². The van der Waals surface area contributed by atoms with E-state index in [4.69, 9.17) is 9.47 Å². The molecule has 132 valence electrons. The van der Waals surface area contributed by atoms with Gasteiger partial charge in [0.15, 0.2) is 6.10 Å². The van der Waals surface area contributed by atoms with Gasteiger partial charge in [-0.1, -0.05) is 18.2 Å². The Morgan fingerprint density at radius 1 is 1.08 bits per heavy atom. The molecule has 2 aromatic rings. The lowest BCUT2D eigenvalue weighted by Gasteiger charge is -2.12. The molecule has 0 bridgehead atoms. The Labute approximate surface area is 146 Å². The van der Waals surface area contributed by atoms with Gasteiger partial charge in [0.1, 0.15) is 0 Å². The van der Waals surface area contributed by atoms with Gasteiger partial charge in [-0.25, -0.2) is 9.59 Å². The fraction of sp³-hybridized carbons (Fsp3) is 0.316. The van der Waals surface area contributed by atoms with Crippen molar-refractivity contribution in [3.8, 4) is 0 Å². The van der Waals surface area contributed by atoms with E-state index in [1.165, 1.54) is 6.92 Å². The first-order chi connectivity index (χ1) is 11.9. The van der Waals surface area contributed by atoms with E-state index >= 15 is 0 Å². The Morgan fingerprint density at radius 2 is 1.72 bits per heavy atom. The van der Waals surface area contributed by atoms with E-state index < -0.39 is 23.8 Å². The highest BCUT2D eigenvalue weighted by atomic mass is 16.5. The number of hydrogen-bond acceptors (Lipinski definition) is 5. The highest BCUT2D eigenvalue weighted by Crippen LogP contribution is 2.21. The van der Waals surface area contributed by atoms with E-state index in [1.54, 1.807) is 51.1 Å². The van der Waals surface area contributed by atoms with Crippen LogP contribution in [-0.2, 0) is 9.47 Å². The van der Waals surface area contributed by atoms with Gasteiger partial charge >= 0.3 is 11.9 Å². The number of rotatable bonds is 6. The highest BCUT2D eigenvalue weighted by molar-refractivity contribution is 6.04. The number of aromatic nitrogens is 1. The van der Waals surface area contributed by atoms with Gasteiger partial charge < -0.3 is 14.5 Å². The molecule has 0 amide bonds. The summed E-state index contributed by atoms with van der Waals surface area (Å²) < 4.78 is 10.3. The molecule has 0 fully saturated rings. The molecule has 0 aliphatic carbocycles. The van der Waals surface area contributed by atoms with E-state index in [9.17, 15) is 14.4 Å². The summed E-state index contributed by atoms with van der Waals surface area (Å²) in [5.74, 6) is -1.46. The second-order valence-electron chi connectivity index (χ2n) is 5.62. The summed E-state index contributed by atoms with van der Waals surface area (Å²) in [5.41, 5.74) is 1.99. The molecule has 1 atom stereocenters. The molecule has 1 aromatic carbocycles. The molecule has 2 rings (SSSR count). The Morgan fingerprint density at radius 3 is 2.32 bits per heavy atom. The molecule has 0 radical (unpaired) electrons. The molecular formula is C19H21NO5. The summed E-state index contributed by atoms with van der Waals surface area (Å²) in [6, 6.07) is 8.44. The lowest BCUT2D eigenvalue weighted by atomic mass is 10.1. The second kappa shape index (κ2) is 7.79. The topological polar surface area (TPSA) is 85.5 Å². The van der Waals surface area contributed by atoms with Crippen molar-refractivity contribution in [1.82, 2.24) is 4.98 Å². The number of carbonyl (C=O) groups excluding carboxylic acids is 3. The molecule has 25 heavy (non-hydrogen) atoms. The number of esters is 2. The molecule has 0 aliphatic heterocycles. The van der Waals surface area contributed by atoms with Crippen molar-refractivity contribution >= 4 is 17.7 Å². The van der Waals surface area contributed by atoms with Crippen molar-refractivity contribution in [3.63, 3.8) is 0 Å². The molecule has 1 aromatic heterocycles. The van der Waals surface area contributed by atoms with Crippen molar-refractivity contribution in [2.75, 3.05) is 6.61 Å². The minimum atomic E-state index is -0.987. The molecule has 1 heterocycles. The maximum atomic E-state index is 12.6. The molecule has 0 spiro atoms. The quantitative estimate of drug-likeness (QED) is 0.643. The van der Waals surface area contributed by atoms with Crippen LogP contribution in [0.2, 0.25) is 0 Å². The number of aromatic amines is 1. The summed E-state index contributed by atoms with van der Waals surface area (Å²) in [6.45, 7) is 6.82. The van der Waals surface area contributed by atoms with Gasteiger partial charge in [-0.15, -0.1) is 0 Å². The molecule has 6 nitrogen and oxygen atoms in total. The first kappa shape index (κ1) is 18.4. The minimum absolute atomic E-state index is 0.244. The summed E-state index contributed by atoms with van der Waals surface area (Å²) in [7, 11) is 0. The van der Waals surface area contributed by atoms with Crippen LogP contribution < -0.4 is 0 Å². The molecule has 0 aliphatic rings. The van der Waals surface area contributed by atoms with Crippen LogP contribution in [0.25, 0.3) is 0 Å². The number of hydrogen-bond donors (Lipinski definition) is 1. The normalized spacial score (nSPS) is 11.7. The van der Waals surface area contributed by atoms with Crippen LogP contribution in [0.3, 0.4) is 0 Å². The lowest BCUT2D eigenvalue weighted by molar-refractivity contribution is 0.0316. The number of carbonyl (C=O) groups is 3. The van der Waals surface area contributed by atoms with Crippen LogP contribution in [0, 0.1) is 13.8 Å². The van der Waals surface area contributed by atoms with Crippen molar-refractivity contribution in [2.45, 2.75) is 33.8 Å². The minimum Gasteiger partial charge on any atom is -0.462 e. The van der Waals surface area contributed by atoms with Gasteiger partial charge in [0, 0.05) is 5.69 Å². The Hall–Kier alpha value is -2.89.